The van der Waals surface area contributed by atoms with Gasteiger partial charge in [-0.2, -0.15) is 0 Å². The van der Waals surface area contributed by atoms with E-state index in [1.165, 1.54) is 6.42 Å². The Hall–Kier alpha value is -1.96. The van der Waals surface area contributed by atoms with Crippen LogP contribution in [0.25, 0.3) is 10.9 Å². The molecule has 1 amide bonds. The van der Waals surface area contributed by atoms with E-state index in [2.05, 4.69) is 14.7 Å². The van der Waals surface area contributed by atoms with Crippen LogP contribution in [0.5, 0.6) is 0 Å². The Labute approximate surface area is 194 Å². The first kappa shape index (κ1) is 21.9. The molecular formula is C24H32ClN5O2. The van der Waals surface area contributed by atoms with Crippen LogP contribution in [0.1, 0.15) is 37.9 Å². The minimum absolute atomic E-state index is 0.171. The molecule has 2 aromatic rings. The van der Waals surface area contributed by atoms with E-state index >= 15 is 0 Å². The molecule has 1 aromatic carbocycles. The van der Waals surface area contributed by atoms with Gasteiger partial charge in [0.15, 0.2) is 0 Å². The highest BCUT2D eigenvalue weighted by Gasteiger charge is 2.29. The summed E-state index contributed by atoms with van der Waals surface area (Å²) in [5, 5.41) is 1.72. The van der Waals surface area contributed by atoms with E-state index in [1.54, 1.807) is 0 Å². The third kappa shape index (κ3) is 4.85. The molecule has 3 saturated heterocycles. The van der Waals surface area contributed by atoms with Gasteiger partial charge >= 0.3 is 0 Å². The number of morpholine rings is 1. The number of nitrogens with zero attached hydrogens (tertiary/aromatic N) is 5. The van der Waals surface area contributed by atoms with E-state index in [9.17, 15) is 4.79 Å². The first-order valence-electron chi connectivity index (χ1n) is 12.0. The van der Waals surface area contributed by atoms with E-state index < -0.39 is 0 Å². The van der Waals surface area contributed by atoms with E-state index in [-0.39, 0.29) is 5.92 Å². The second-order valence-corrected chi connectivity index (χ2v) is 9.60. The molecule has 3 fully saturated rings. The number of aromatic nitrogens is 2. The first-order valence-corrected chi connectivity index (χ1v) is 12.4. The Morgan fingerprint density at radius 1 is 1.00 bits per heavy atom. The molecule has 32 heavy (non-hydrogen) atoms. The van der Waals surface area contributed by atoms with Gasteiger partial charge < -0.3 is 14.5 Å². The molecule has 7 nitrogen and oxygen atoms in total. The highest BCUT2D eigenvalue weighted by atomic mass is 35.5. The van der Waals surface area contributed by atoms with Crippen LogP contribution in [0.3, 0.4) is 0 Å². The van der Waals surface area contributed by atoms with Crippen molar-refractivity contribution in [1.82, 2.24) is 19.8 Å². The third-order valence-corrected chi connectivity index (χ3v) is 7.20. The average molecular weight is 458 g/mol. The molecule has 172 valence electrons. The summed E-state index contributed by atoms with van der Waals surface area (Å²) in [6.07, 6.45) is 5.40. The molecule has 0 bridgehead atoms. The fraction of sp³-hybridized carbons (Fsp3) is 0.625. The predicted octanol–water partition coefficient (Wildman–Crippen LogP) is 3.34. The fourth-order valence-electron chi connectivity index (χ4n) is 5.13. The first-order chi connectivity index (χ1) is 15.7. The zero-order chi connectivity index (χ0) is 21.9. The molecule has 8 heteroatoms. The number of piperidine rings is 2. The number of likely N-dealkylation sites (tertiary alicyclic amines) is 2. The number of carbonyl (C=O) groups is 1. The monoisotopic (exact) mass is 457 g/mol. The molecule has 0 radical (unpaired) electrons. The van der Waals surface area contributed by atoms with Crippen LogP contribution < -0.4 is 4.90 Å². The molecule has 0 saturated carbocycles. The van der Waals surface area contributed by atoms with Gasteiger partial charge in [-0.1, -0.05) is 11.6 Å². The summed E-state index contributed by atoms with van der Waals surface area (Å²) in [5.41, 5.74) is 0.888. The quantitative estimate of drug-likeness (QED) is 0.701. The zero-order valence-electron chi connectivity index (χ0n) is 18.6. The third-order valence-electron chi connectivity index (χ3n) is 6.97. The average Bonchev–Trinajstić information content (AvgIpc) is 2.84. The molecule has 0 N–H and O–H groups in total. The number of anilines is 1. The van der Waals surface area contributed by atoms with Crippen molar-refractivity contribution in [2.24, 2.45) is 5.92 Å². The van der Waals surface area contributed by atoms with Crippen molar-refractivity contribution in [3.63, 3.8) is 0 Å². The molecule has 3 aliphatic heterocycles. The highest BCUT2D eigenvalue weighted by Crippen LogP contribution is 2.28. The molecule has 0 atom stereocenters. The predicted molar refractivity (Wildman–Crippen MR) is 126 cm³/mol. The Balaban J connectivity index is 1.28. The number of fused-ring (bicyclic) bond motifs is 1. The maximum Gasteiger partial charge on any atom is 0.225 e. The van der Waals surface area contributed by atoms with Crippen LogP contribution in [-0.4, -0.2) is 78.2 Å². The van der Waals surface area contributed by atoms with Gasteiger partial charge in [-0.05, 0) is 63.4 Å². The number of halogens is 1. The molecule has 0 aliphatic carbocycles. The largest absolute Gasteiger partial charge is 0.378 e. The number of benzene rings is 1. The smallest absolute Gasteiger partial charge is 0.225 e. The molecule has 0 spiro atoms. The topological polar surface area (TPSA) is 61.8 Å². The fourth-order valence-corrected chi connectivity index (χ4v) is 5.30. The van der Waals surface area contributed by atoms with Crippen LogP contribution in [-0.2, 0) is 16.1 Å². The van der Waals surface area contributed by atoms with E-state index in [0.29, 0.717) is 30.7 Å². The van der Waals surface area contributed by atoms with Crippen molar-refractivity contribution in [2.45, 2.75) is 38.6 Å². The second kappa shape index (κ2) is 9.89. The van der Waals surface area contributed by atoms with Crippen LogP contribution in [0.2, 0.25) is 5.02 Å². The van der Waals surface area contributed by atoms with Crippen molar-refractivity contribution in [3.05, 3.63) is 29.0 Å². The van der Waals surface area contributed by atoms with Gasteiger partial charge in [0.25, 0.3) is 0 Å². The highest BCUT2D eigenvalue weighted by molar-refractivity contribution is 6.31. The van der Waals surface area contributed by atoms with E-state index in [4.69, 9.17) is 26.3 Å². The minimum atomic E-state index is 0.171. The second-order valence-electron chi connectivity index (χ2n) is 9.16. The summed E-state index contributed by atoms with van der Waals surface area (Å²) < 4.78 is 5.53. The summed E-state index contributed by atoms with van der Waals surface area (Å²) in [6, 6.07) is 5.85. The minimum Gasteiger partial charge on any atom is -0.378 e. The lowest BCUT2D eigenvalue weighted by Gasteiger charge is -2.35. The maximum atomic E-state index is 12.9. The Bertz CT molecular complexity index is 951. The molecule has 4 heterocycles. The van der Waals surface area contributed by atoms with Crippen LogP contribution in [0.4, 0.5) is 5.82 Å². The summed E-state index contributed by atoms with van der Waals surface area (Å²) in [7, 11) is 0. The Morgan fingerprint density at radius 2 is 1.75 bits per heavy atom. The number of carbonyl (C=O) groups excluding carboxylic acids is 1. The number of amides is 1. The molecular weight excluding hydrogens is 426 g/mol. The van der Waals surface area contributed by atoms with Crippen LogP contribution in [0, 0.1) is 5.92 Å². The van der Waals surface area contributed by atoms with Gasteiger partial charge in [0, 0.05) is 42.5 Å². The zero-order valence-corrected chi connectivity index (χ0v) is 19.4. The summed E-state index contributed by atoms with van der Waals surface area (Å²) in [4.78, 5) is 29.5. The SMILES string of the molecule is O=C(C1CCN(Cc2nc(N3CCOCC3)c3ccc(Cl)cc3n2)CC1)N1CCCCC1. The van der Waals surface area contributed by atoms with Gasteiger partial charge in [-0.15, -0.1) is 0 Å². The van der Waals surface area contributed by atoms with E-state index in [1.807, 2.05) is 18.2 Å². The van der Waals surface area contributed by atoms with Gasteiger partial charge in [0.1, 0.15) is 11.6 Å². The van der Waals surface area contributed by atoms with Crippen LogP contribution >= 0.6 is 11.6 Å². The van der Waals surface area contributed by atoms with Gasteiger partial charge in [-0.25, -0.2) is 9.97 Å². The van der Waals surface area contributed by atoms with Gasteiger partial charge in [0.05, 0.1) is 25.3 Å². The lowest BCUT2D eigenvalue weighted by atomic mass is 9.94. The van der Waals surface area contributed by atoms with Crippen molar-refractivity contribution in [1.29, 1.82) is 0 Å². The molecule has 3 aliphatic rings. The van der Waals surface area contributed by atoms with Crippen molar-refractivity contribution in [3.8, 4) is 0 Å². The Morgan fingerprint density at radius 3 is 2.50 bits per heavy atom. The lowest BCUT2D eigenvalue weighted by molar-refractivity contribution is -0.138. The molecule has 5 rings (SSSR count). The van der Waals surface area contributed by atoms with Crippen molar-refractivity contribution < 1.29 is 9.53 Å². The normalized spacial score (nSPS) is 21.3. The standard InChI is InChI=1S/C24H32ClN5O2/c25-19-4-5-20-21(16-19)26-22(27-23(20)29-12-14-32-15-13-29)17-28-10-6-18(7-11-28)24(31)30-8-2-1-3-9-30/h4-5,16,18H,1-3,6-15,17H2. The lowest BCUT2D eigenvalue weighted by Crippen LogP contribution is -2.44. The molecule has 0 unspecified atom stereocenters. The summed E-state index contributed by atoms with van der Waals surface area (Å²) in [6.45, 7) is 7.50. The summed E-state index contributed by atoms with van der Waals surface area (Å²) >= 11 is 6.27. The number of rotatable bonds is 4. The number of hydrogen-bond donors (Lipinski definition) is 0. The number of hydrogen-bond acceptors (Lipinski definition) is 6. The maximum absolute atomic E-state index is 12.9. The van der Waals surface area contributed by atoms with Gasteiger partial charge in [0.2, 0.25) is 5.91 Å². The van der Waals surface area contributed by atoms with Crippen molar-refractivity contribution >= 4 is 34.2 Å². The van der Waals surface area contributed by atoms with Crippen molar-refractivity contribution in [2.75, 3.05) is 57.4 Å². The van der Waals surface area contributed by atoms with Crippen LogP contribution in [0.15, 0.2) is 18.2 Å². The summed E-state index contributed by atoms with van der Waals surface area (Å²) in [5.74, 6) is 2.34. The number of ether oxygens (including phenoxy) is 1. The van der Waals surface area contributed by atoms with Gasteiger partial charge in [-0.3, -0.25) is 9.69 Å². The van der Waals surface area contributed by atoms with E-state index in [0.717, 1.165) is 87.5 Å². The molecule has 1 aromatic heterocycles. The Kier molecular flexibility index (Phi) is 6.76.